The van der Waals surface area contributed by atoms with Gasteiger partial charge in [0, 0.05) is 19.6 Å². The Morgan fingerprint density at radius 1 is 1.40 bits per heavy atom. The van der Waals surface area contributed by atoms with E-state index in [0.717, 1.165) is 26.1 Å². The summed E-state index contributed by atoms with van der Waals surface area (Å²) >= 11 is 1.24. The second-order valence-electron chi connectivity index (χ2n) is 5.20. The van der Waals surface area contributed by atoms with E-state index in [4.69, 9.17) is 4.74 Å². The highest BCUT2D eigenvalue weighted by Gasteiger charge is 2.21. The Morgan fingerprint density at radius 2 is 2.10 bits per heavy atom. The average molecular weight is 318 g/mol. The molecule has 20 heavy (non-hydrogen) atoms. The van der Waals surface area contributed by atoms with Crippen LogP contribution in [0.1, 0.15) is 20.3 Å². The van der Waals surface area contributed by atoms with Gasteiger partial charge in [-0.05, 0) is 38.3 Å². The van der Waals surface area contributed by atoms with Gasteiger partial charge in [0.2, 0.25) is 10.0 Å². The van der Waals surface area contributed by atoms with E-state index in [-0.39, 0.29) is 12.2 Å². The summed E-state index contributed by atoms with van der Waals surface area (Å²) in [7, 11) is -3.32. The fourth-order valence-corrected chi connectivity index (χ4v) is 4.58. The van der Waals surface area contributed by atoms with Crippen LogP contribution in [-0.4, -0.2) is 51.7 Å². The number of sulfonamides is 1. The minimum Gasteiger partial charge on any atom is -0.373 e. The molecule has 0 aliphatic carbocycles. The maximum absolute atomic E-state index is 11.9. The van der Waals surface area contributed by atoms with Crippen LogP contribution in [0.2, 0.25) is 0 Å². The normalized spacial score (nSPS) is 24.9. The summed E-state index contributed by atoms with van der Waals surface area (Å²) < 4.78 is 32.5. The molecule has 1 N–H and O–H groups in total. The standard InChI is InChI=1S/C13H22N2O3S2/c1-11-9-15(10-12(2)18-11)7-4-6-14-20(16,17)13-5-3-8-19-13/h3,5,8,11-12,14H,4,6-7,9-10H2,1-2H3. The van der Waals surface area contributed by atoms with E-state index < -0.39 is 10.0 Å². The number of nitrogens with one attached hydrogen (secondary N) is 1. The SMILES string of the molecule is CC1CN(CCCNS(=O)(=O)c2cccs2)CC(C)O1. The lowest BCUT2D eigenvalue weighted by Crippen LogP contribution is -2.46. The molecule has 2 atom stereocenters. The van der Waals surface area contributed by atoms with Gasteiger partial charge in [0.15, 0.2) is 0 Å². The van der Waals surface area contributed by atoms with E-state index in [1.54, 1.807) is 17.5 Å². The van der Waals surface area contributed by atoms with Gasteiger partial charge in [-0.2, -0.15) is 0 Å². The van der Waals surface area contributed by atoms with Gasteiger partial charge in [-0.15, -0.1) is 11.3 Å². The molecular formula is C13H22N2O3S2. The van der Waals surface area contributed by atoms with Gasteiger partial charge in [-0.25, -0.2) is 13.1 Å². The Bertz CT molecular complexity index is 492. The zero-order valence-corrected chi connectivity index (χ0v) is 13.5. The van der Waals surface area contributed by atoms with Crippen molar-refractivity contribution >= 4 is 21.4 Å². The zero-order valence-electron chi connectivity index (χ0n) is 11.9. The summed E-state index contributed by atoms with van der Waals surface area (Å²) in [5, 5.41) is 1.77. The zero-order chi connectivity index (χ0) is 14.6. The summed E-state index contributed by atoms with van der Waals surface area (Å²) in [6.07, 6.45) is 1.31. The first-order valence-corrected chi connectivity index (χ1v) is 9.24. The maximum atomic E-state index is 11.9. The molecule has 1 aromatic heterocycles. The van der Waals surface area contributed by atoms with Gasteiger partial charge in [-0.3, -0.25) is 4.90 Å². The van der Waals surface area contributed by atoms with Crippen molar-refractivity contribution in [1.82, 2.24) is 9.62 Å². The number of rotatable bonds is 6. The van der Waals surface area contributed by atoms with Crippen molar-refractivity contribution in [2.24, 2.45) is 0 Å². The Morgan fingerprint density at radius 3 is 2.70 bits per heavy atom. The molecule has 0 amide bonds. The highest BCUT2D eigenvalue weighted by molar-refractivity contribution is 7.91. The molecule has 7 heteroatoms. The summed E-state index contributed by atoms with van der Waals surface area (Å²) in [5.41, 5.74) is 0. The van der Waals surface area contributed by atoms with Gasteiger partial charge >= 0.3 is 0 Å². The van der Waals surface area contributed by atoms with Crippen molar-refractivity contribution in [3.8, 4) is 0 Å². The monoisotopic (exact) mass is 318 g/mol. The van der Waals surface area contributed by atoms with Crippen LogP contribution in [0.5, 0.6) is 0 Å². The molecule has 1 saturated heterocycles. The van der Waals surface area contributed by atoms with Crippen molar-refractivity contribution in [2.45, 2.75) is 36.7 Å². The molecule has 2 heterocycles. The first-order chi connectivity index (χ1) is 9.47. The summed E-state index contributed by atoms with van der Waals surface area (Å²) in [5.74, 6) is 0. The van der Waals surface area contributed by atoms with Crippen LogP contribution in [0.15, 0.2) is 21.7 Å². The Balaban J connectivity index is 1.71. The number of nitrogens with zero attached hydrogens (tertiary/aromatic N) is 1. The molecule has 0 bridgehead atoms. The summed E-state index contributed by atoms with van der Waals surface area (Å²) in [6.45, 7) is 7.35. The minimum absolute atomic E-state index is 0.251. The van der Waals surface area contributed by atoms with Crippen LogP contribution in [0.4, 0.5) is 0 Å². The Hall–Kier alpha value is -0.470. The van der Waals surface area contributed by atoms with Crippen LogP contribution in [0.25, 0.3) is 0 Å². The molecule has 2 rings (SSSR count). The number of hydrogen-bond donors (Lipinski definition) is 1. The predicted octanol–water partition coefficient (Wildman–Crippen LogP) is 1.53. The summed E-state index contributed by atoms with van der Waals surface area (Å²) in [6, 6.07) is 3.37. The molecule has 5 nitrogen and oxygen atoms in total. The molecule has 0 spiro atoms. The lowest BCUT2D eigenvalue weighted by molar-refractivity contribution is -0.0679. The van der Waals surface area contributed by atoms with Gasteiger partial charge in [0.25, 0.3) is 0 Å². The quantitative estimate of drug-likeness (QED) is 0.808. The molecule has 0 aromatic carbocycles. The highest BCUT2D eigenvalue weighted by Crippen LogP contribution is 2.15. The largest absolute Gasteiger partial charge is 0.373 e. The van der Waals surface area contributed by atoms with Crippen LogP contribution in [-0.2, 0) is 14.8 Å². The third-order valence-electron chi connectivity index (χ3n) is 3.20. The van der Waals surface area contributed by atoms with Crippen LogP contribution >= 0.6 is 11.3 Å². The van der Waals surface area contributed by atoms with Gasteiger partial charge in [0.1, 0.15) is 4.21 Å². The molecule has 114 valence electrons. The average Bonchev–Trinajstić information content (AvgIpc) is 2.88. The third-order valence-corrected chi connectivity index (χ3v) is 6.06. The topological polar surface area (TPSA) is 58.6 Å². The lowest BCUT2D eigenvalue weighted by Gasteiger charge is -2.35. The smallest absolute Gasteiger partial charge is 0.250 e. The number of morpholine rings is 1. The van der Waals surface area contributed by atoms with Crippen molar-refractivity contribution in [3.05, 3.63) is 17.5 Å². The molecule has 0 radical (unpaired) electrons. The second-order valence-corrected chi connectivity index (χ2v) is 8.14. The predicted molar refractivity (Wildman–Crippen MR) is 80.6 cm³/mol. The van der Waals surface area contributed by atoms with Gasteiger partial charge < -0.3 is 4.74 Å². The molecule has 2 unspecified atom stereocenters. The van der Waals surface area contributed by atoms with E-state index in [1.165, 1.54) is 11.3 Å². The lowest BCUT2D eigenvalue weighted by atomic mass is 10.2. The van der Waals surface area contributed by atoms with E-state index in [2.05, 4.69) is 23.5 Å². The van der Waals surface area contributed by atoms with Crippen molar-refractivity contribution in [1.29, 1.82) is 0 Å². The number of thiophene rings is 1. The van der Waals surface area contributed by atoms with E-state index in [9.17, 15) is 8.42 Å². The van der Waals surface area contributed by atoms with Gasteiger partial charge in [0.05, 0.1) is 12.2 Å². The minimum atomic E-state index is -3.32. The van der Waals surface area contributed by atoms with E-state index >= 15 is 0 Å². The summed E-state index contributed by atoms with van der Waals surface area (Å²) in [4.78, 5) is 2.33. The fourth-order valence-electron chi connectivity index (χ4n) is 2.46. The van der Waals surface area contributed by atoms with Gasteiger partial charge in [-0.1, -0.05) is 6.07 Å². The van der Waals surface area contributed by atoms with Crippen LogP contribution < -0.4 is 4.72 Å². The first-order valence-electron chi connectivity index (χ1n) is 6.88. The molecular weight excluding hydrogens is 296 g/mol. The highest BCUT2D eigenvalue weighted by atomic mass is 32.2. The molecule has 1 aliphatic heterocycles. The van der Waals surface area contributed by atoms with Crippen molar-refractivity contribution in [3.63, 3.8) is 0 Å². The molecule has 1 fully saturated rings. The number of hydrogen-bond acceptors (Lipinski definition) is 5. The molecule has 1 aromatic rings. The van der Waals surface area contributed by atoms with Crippen LogP contribution in [0.3, 0.4) is 0 Å². The second kappa shape index (κ2) is 7.00. The third kappa shape index (κ3) is 4.53. The van der Waals surface area contributed by atoms with E-state index in [1.807, 2.05) is 0 Å². The first kappa shape index (κ1) is 15.9. The van der Waals surface area contributed by atoms with E-state index in [0.29, 0.717) is 10.8 Å². The molecule has 1 aliphatic rings. The molecule has 0 saturated carbocycles. The van der Waals surface area contributed by atoms with Crippen LogP contribution in [0, 0.1) is 0 Å². The van der Waals surface area contributed by atoms with Crippen molar-refractivity contribution < 1.29 is 13.2 Å². The van der Waals surface area contributed by atoms with Crippen molar-refractivity contribution in [2.75, 3.05) is 26.2 Å². The number of ether oxygens (including phenoxy) is 1. The Kier molecular flexibility index (Phi) is 5.57. The maximum Gasteiger partial charge on any atom is 0.250 e. The fraction of sp³-hybridized carbons (Fsp3) is 0.692. The Labute approximate surface area is 125 Å².